The highest BCUT2D eigenvalue weighted by Gasteiger charge is 2.10. The number of carbonyl (C=O) groups excluding carboxylic acids is 1. The summed E-state index contributed by atoms with van der Waals surface area (Å²) >= 11 is 1.75. The summed E-state index contributed by atoms with van der Waals surface area (Å²) in [7, 11) is 3.36. The summed E-state index contributed by atoms with van der Waals surface area (Å²) < 4.78 is 4.68. The van der Waals surface area contributed by atoms with Crippen LogP contribution in [0.5, 0.6) is 0 Å². The van der Waals surface area contributed by atoms with Gasteiger partial charge in [-0.25, -0.2) is 4.79 Å². The Morgan fingerprint density at radius 2 is 2.20 bits per heavy atom. The quantitative estimate of drug-likeness (QED) is 0.679. The zero-order chi connectivity index (χ0) is 14.5. The Kier molecular flexibility index (Phi) is 4.63. The number of esters is 1. The molecule has 0 unspecified atom stereocenters. The molecular weight excluding hydrogens is 272 g/mol. The third-order valence-electron chi connectivity index (χ3n) is 3.13. The van der Waals surface area contributed by atoms with Gasteiger partial charge in [0.25, 0.3) is 0 Å². The second-order valence-corrected chi connectivity index (χ2v) is 5.55. The third-order valence-corrected chi connectivity index (χ3v) is 4.07. The number of anilines is 2. The molecule has 0 bridgehead atoms. The van der Waals surface area contributed by atoms with Crippen LogP contribution in [0.1, 0.15) is 15.2 Å². The van der Waals surface area contributed by atoms with Crippen LogP contribution in [-0.4, -0.2) is 26.7 Å². The number of thiophene rings is 1. The van der Waals surface area contributed by atoms with E-state index in [1.54, 1.807) is 23.5 Å². The van der Waals surface area contributed by atoms with Crippen molar-refractivity contribution in [1.82, 2.24) is 0 Å². The molecule has 0 aliphatic heterocycles. The van der Waals surface area contributed by atoms with Crippen LogP contribution in [0.4, 0.5) is 11.4 Å². The molecule has 0 atom stereocenters. The van der Waals surface area contributed by atoms with E-state index in [1.165, 1.54) is 12.0 Å². The molecule has 0 amide bonds. The van der Waals surface area contributed by atoms with Crippen LogP contribution in [-0.2, 0) is 11.2 Å². The number of nitrogens with two attached hydrogens (primary N) is 1. The Morgan fingerprint density at radius 1 is 1.40 bits per heavy atom. The molecule has 2 rings (SSSR count). The summed E-state index contributed by atoms with van der Waals surface area (Å²) in [5.74, 6) is -0.371. The number of likely N-dealkylation sites (N-methyl/N-ethyl adjacent to an activating group) is 1. The molecule has 1 aromatic carbocycles. The van der Waals surface area contributed by atoms with E-state index in [0.29, 0.717) is 11.3 Å². The van der Waals surface area contributed by atoms with E-state index < -0.39 is 0 Å². The first kappa shape index (κ1) is 14.4. The Hall–Kier alpha value is -2.01. The van der Waals surface area contributed by atoms with Crippen LogP contribution in [0.25, 0.3) is 0 Å². The van der Waals surface area contributed by atoms with Gasteiger partial charge in [0.05, 0.1) is 24.0 Å². The standard InChI is InChI=1S/C15H18N2O2S/c1-17(8-7-12-4-3-9-20-12)14-6-5-11(10-13(14)16)15(18)19-2/h3-6,9-10H,7-8,16H2,1-2H3. The maximum atomic E-state index is 11.4. The summed E-state index contributed by atoms with van der Waals surface area (Å²) in [6.07, 6.45) is 0.979. The average molecular weight is 290 g/mol. The largest absolute Gasteiger partial charge is 0.465 e. The van der Waals surface area contributed by atoms with Gasteiger partial charge in [-0.3, -0.25) is 0 Å². The topological polar surface area (TPSA) is 55.6 Å². The number of ether oxygens (including phenoxy) is 1. The molecule has 5 heteroatoms. The Bertz CT molecular complexity index is 582. The molecule has 0 fully saturated rings. The zero-order valence-electron chi connectivity index (χ0n) is 11.6. The number of methoxy groups -OCH3 is 1. The molecule has 0 aliphatic carbocycles. The predicted octanol–water partition coefficient (Wildman–Crippen LogP) is 2.80. The minimum Gasteiger partial charge on any atom is -0.465 e. The lowest BCUT2D eigenvalue weighted by Gasteiger charge is -2.21. The first-order valence-electron chi connectivity index (χ1n) is 6.33. The molecule has 2 aromatic rings. The maximum Gasteiger partial charge on any atom is 0.337 e. The van der Waals surface area contributed by atoms with Gasteiger partial charge in [0.15, 0.2) is 0 Å². The van der Waals surface area contributed by atoms with Gasteiger partial charge in [0.2, 0.25) is 0 Å². The van der Waals surface area contributed by atoms with Gasteiger partial charge in [-0.15, -0.1) is 11.3 Å². The molecule has 0 aliphatic rings. The average Bonchev–Trinajstić information content (AvgIpc) is 2.97. The second kappa shape index (κ2) is 6.43. The lowest BCUT2D eigenvalue weighted by atomic mass is 10.1. The van der Waals surface area contributed by atoms with Crippen molar-refractivity contribution in [2.24, 2.45) is 0 Å². The number of hydrogen-bond donors (Lipinski definition) is 1. The molecule has 1 heterocycles. The van der Waals surface area contributed by atoms with Gasteiger partial charge in [0, 0.05) is 18.5 Å². The lowest BCUT2D eigenvalue weighted by Crippen LogP contribution is -2.21. The first-order valence-corrected chi connectivity index (χ1v) is 7.21. The summed E-state index contributed by atoms with van der Waals surface area (Å²) in [6, 6.07) is 9.43. The fraction of sp³-hybridized carbons (Fsp3) is 0.267. The number of nitrogens with zero attached hydrogens (tertiary/aromatic N) is 1. The zero-order valence-corrected chi connectivity index (χ0v) is 12.4. The summed E-state index contributed by atoms with van der Waals surface area (Å²) in [4.78, 5) is 14.9. The Morgan fingerprint density at radius 3 is 2.80 bits per heavy atom. The van der Waals surface area contributed by atoms with E-state index in [1.807, 2.05) is 13.1 Å². The number of hydrogen-bond acceptors (Lipinski definition) is 5. The van der Waals surface area contributed by atoms with E-state index >= 15 is 0 Å². The second-order valence-electron chi connectivity index (χ2n) is 4.52. The monoisotopic (exact) mass is 290 g/mol. The fourth-order valence-corrected chi connectivity index (χ4v) is 2.70. The van der Waals surface area contributed by atoms with Crippen LogP contribution >= 0.6 is 11.3 Å². The molecule has 20 heavy (non-hydrogen) atoms. The van der Waals surface area contributed by atoms with Gasteiger partial charge < -0.3 is 15.4 Å². The molecule has 106 valence electrons. The predicted molar refractivity (Wildman–Crippen MR) is 83.5 cm³/mol. The lowest BCUT2D eigenvalue weighted by molar-refractivity contribution is 0.0601. The fourth-order valence-electron chi connectivity index (χ4n) is 2.00. The van der Waals surface area contributed by atoms with Gasteiger partial charge in [0.1, 0.15) is 0 Å². The third kappa shape index (κ3) is 3.30. The molecule has 0 saturated carbocycles. The highest BCUT2D eigenvalue weighted by atomic mass is 32.1. The van der Waals surface area contributed by atoms with Gasteiger partial charge in [-0.2, -0.15) is 0 Å². The van der Waals surface area contributed by atoms with E-state index in [0.717, 1.165) is 18.7 Å². The minimum absolute atomic E-state index is 0.371. The normalized spacial score (nSPS) is 10.3. The van der Waals surface area contributed by atoms with Crippen LogP contribution in [0.3, 0.4) is 0 Å². The summed E-state index contributed by atoms with van der Waals surface area (Å²) in [5.41, 5.74) is 8.00. The van der Waals surface area contributed by atoms with E-state index in [4.69, 9.17) is 5.73 Å². The van der Waals surface area contributed by atoms with Crippen molar-refractivity contribution < 1.29 is 9.53 Å². The highest BCUT2D eigenvalue weighted by Crippen LogP contribution is 2.24. The molecule has 0 radical (unpaired) electrons. The number of benzene rings is 1. The van der Waals surface area contributed by atoms with E-state index in [9.17, 15) is 4.79 Å². The molecule has 0 spiro atoms. The van der Waals surface area contributed by atoms with Gasteiger partial charge in [-0.05, 0) is 36.1 Å². The van der Waals surface area contributed by atoms with Crippen molar-refractivity contribution in [2.45, 2.75) is 6.42 Å². The Labute approximate surface area is 122 Å². The van der Waals surface area contributed by atoms with Crippen molar-refractivity contribution in [1.29, 1.82) is 0 Å². The molecule has 4 nitrogen and oxygen atoms in total. The van der Waals surface area contributed by atoms with Crippen molar-refractivity contribution in [2.75, 3.05) is 31.3 Å². The van der Waals surface area contributed by atoms with Crippen molar-refractivity contribution in [3.05, 3.63) is 46.2 Å². The maximum absolute atomic E-state index is 11.4. The highest BCUT2D eigenvalue weighted by molar-refractivity contribution is 7.09. The van der Waals surface area contributed by atoms with Crippen molar-refractivity contribution >= 4 is 28.7 Å². The van der Waals surface area contributed by atoms with E-state index in [2.05, 4.69) is 27.1 Å². The van der Waals surface area contributed by atoms with Gasteiger partial charge in [-0.1, -0.05) is 6.07 Å². The smallest absolute Gasteiger partial charge is 0.337 e. The Balaban J connectivity index is 2.06. The van der Waals surface area contributed by atoms with Crippen molar-refractivity contribution in [3.63, 3.8) is 0 Å². The van der Waals surface area contributed by atoms with Crippen LogP contribution in [0.2, 0.25) is 0 Å². The molecule has 2 N–H and O–H groups in total. The van der Waals surface area contributed by atoms with Crippen LogP contribution in [0.15, 0.2) is 35.7 Å². The number of rotatable bonds is 5. The molecular formula is C15H18N2O2S. The SMILES string of the molecule is COC(=O)c1ccc(N(C)CCc2cccs2)c(N)c1. The molecule has 0 saturated heterocycles. The summed E-state index contributed by atoms with van der Waals surface area (Å²) in [5, 5.41) is 2.08. The minimum atomic E-state index is -0.371. The summed E-state index contributed by atoms with van der Waals surface area (Å²) in [6.45, 7) is 0.877. The molecule has 1 aromatic heterocycles. The number of carbonyl (C=O) groups is 1. The van der Waals surface area contributed by atoms with Crippen molar-refractivity contribution in [3.8, 4) is 0 Å². The first-order chi connectivity index (χ1) is 9.61. The van der Waals surface area contributed by atoms with E-state index in [-0.39, 0.29) is 5.97 Å². The van der Waals surface area contributed by atoms with Gasteiger partial charge >= 0.3 is 5.97 Å². The van der Waals surface area contributed by atoms with Crippen LogP contribution < -0.4 is 10.6 Å². The van der Waals surface area contributed by atoms with Crippen LogP contribution in [0, 0.1) is 0 Å². The number of nitrogen functional groups attached to an aromatic ring is 1.